The zero-order valence-corrected chi connectivity index (χ0v) is 8.98. The molecule has 0 bridgehead atoms. The van der Waals surface area contributed by atoms with Crippen molar-refractivity contribution in [1.82, 2.24) is 4.90 Å². The Morgan fingerprint density at radius 3 is 2.62 bits per heavy atom. The highest BCUT2D eigenvalue weighted by Crippen LogP contribution is 2.30. The second-order valence-electron chi connectivity index (χ2n) is 3.37. The molecule has 1 aliphatic heterocycles. The molecule has 1 unspecified atom stereocenters. The Morgan fingerprint density at radius 2 is 2.19 bits per heavy atom. The largest absolute Gasteiger partial charge is 0.481 e. The summed E-state index contributed by atoms with van der Waals surface area (Å²) < 4.78 is 35.4. The zero-order valence-electron chi connectivity index (χ0n) is 8.16. The Labute approximate surface area is 93.8 Å². The predicted octanol–water partition coefficient (Wildman–Crippen LogP) is 1.17. The summed E-state index contributed by atoms with van der Waals surface area (Å²) >= 11 is -0.209. The molecule has 0 aromatic heterocycles. The van der Waals surface area contributed by atoms with Crippen LogP contribution >= 0.6 is 11.8 Å². The summed E-state index contributed by atoms with van der Waals surface area (Å²) in [5.74, 6) is -2.53. The summed E-state index contributed by atoms with van der Waals surface area (Å²) in [5.41, 5.74) is -4.31. The molecule has 0 aromatic carbocycles. The highest BCUT2D eigenvalue weighted by Gasteiger charge is 2.35. The molecule has 1 fully saturated rings. The Morgan fingerprint density at radius 1 is 1.56 bits per heavy atom. The number of hydrogen-bond acceptors (Lipinski definition) is 3. The first-order chi connectivity index (χ1) is 7.29. The van der Waals surface area contributed by atoms with Gasteiger partial charge in [-0.15, -0.1) is 0 Å². The molecule has 1 amide bonds. The van der Waals surface area contributed by atoms with Crippen molar-refractivity contribution in [2.45, 2.75) is 11.9 Å². The maximum absolute atomic E-state index is 11.8. The van der Waals surface area contributed by atoms with E-state index in [9.17, 15) is 22.8 Å². The first-order valence-electron chi connectivity index (χ1n) is 4.51. The van der Waals surface area contributed by atoms with Crippen LogP contribution in [0.15, 0.2) is 0 Å². The molecule has 92 valence electrons. The van der Waals surface area contributed by atoms with E-state index >= 15 is 0 Å². The average molecular weight is 257 g/mol. The van der Waals surface area contributed by atoms with Crippen molar-refractivity contribution in [3.05, 3.63) is 0 Å². The zero-order chi connectivity index (χ0) is 12.3. The number of amides is 1. The molecule has 0 spiro atoms. The minimum Gasteiger partial charge on any atom is -0.481 e. The molecular weight excluding hydrogens is 247 g/mol. The molecule has 1 atom stereocenters. The van der Waals surface area contributed by atoms with Crippen molar-refractivity contribution >= 4 is 23.6 Å². The quantitative estimate of drug-likeness (QED) is 0.821. The lowest BCUT2D eigenvalue weighted by molar-refractivity contribution is -0.141. The van der Waals surface area contributed by atoms with E-state index in [1.165, 1.54) is 0 Å². The third-order valence-corrected chi connectivity index (χ3v) is 2.90. The number of carboxylic acid groups (broad SMARTS) is 1. The van der Waals surface area contributed by atoms with Crippen LogP contribution in [0.2, 0.25) is 0 Å². The number of nitrogens with zero attached hydrogens (tertiary/aromatic N) is 1. The summed E-state index contributed by atoms with van der Waals surface area (Å²) in [5, 5.41) is 8.64. The van der Waals surface area contributed by atoms with Crippen molar-refractivity contribution < 1.29 is 27.9 Å². The van der Waals surface area contributed by atoms with Crippen LogP contribution in [0.25, 0.3) is 0 Å². The van der Waals surface area contributed by atoms with Crippen molar-refractivity contribution in [1.29, 1.82) is 0 Å². The minimum atomic E-state index is -4.31. The fraction of sp³-hybridized carbons (Fsp3) is 0.750. The van der Waals surface area contributed by atoms with Gasteiger partial charge in [0.1, 0.15) is 0 Å². The van der Waals surface area contributed by atoms with E-state index in [0.717, 1.165) is 4.90 Å². The molecule has 1 saturated heterocycles. The lowest BCUT2D eigenvalue weighted by Gasteiger charge is -2.15. The number of aliphatic carboxylic acids is 1. The SMILES string of the molecule is O=C(O)C1CC(=O)N(CCSC(F)(F)F)C1. The smallest absolute Gasteiger partial charge is 0.441 e. The van der Waals surface area contributed by atoms with Crippen LogP contribution in [-0.2, 0) is 9.59 Å². The summed E-state index contributed by atoms with van der Waals surface area (Å²) in [7, 11) is 0. The van der Waals surface area contributed by atoms with Crippen molar-refractivity contribution in [2.75, 3.05) is 18.8 Å². The molecule has 0 saturated carbocycles. The van der Waals surface area contributed by atoms with E-state index in [-0.39, 0.29) is 37.0 Å². The summed E-state index contributed by atoms with van der Waals surface area (Å²) in [6.45, 7) is -0.0562. The van der Waals surface area contributed by atoms with E-state index < -0.39 is 23.3 Å². The second-order valence-corrected chi connectivity index (χ2v) is 4.53. The first kappa shape index (κ1) is 13.1. The topological polar surface area (TPSA) is 57.6 Å². The number of thioether (sulfide) groups is 1. The van der Waals surface area contributed by atoms with E-state index in [1.54, 1.807) is 0 Å². The van der Waals surface area contributed by atoms with Crippen LogP contribution in [0.3, 0.4) is 0 Å². The van der Waals surface area contributed by atoms with Crippen molar-refractivity contribution in [3.8, 4) is 0 Å². The second kappa shape index (κ2) is 4.94. The molecule has 0 aromatic rings. The number of alkyl halides is 3. The molecule has 16 heavy (non-hydrogen) atoms. The molecule has 8 heteroatoms. The van der Waals surface area contributed by atoms with Crippen LogP contribution in [0, 0.1) is 5.92 Å². The van der Waals surface area contributed by atoms with Crippen LogP contribution in [0.4, 0.5) is 13.2 Å². The van der Waals surface area contributed by atoms with Crippen LogP contribution in [-0.4, -0.2) is 46.2 Å². The number of carbonyl (C=O) groups excluding carboxylic acids is 1. The van der Waals surface area contributed by atoms with Crippen LogP contribution < -0.4 is 0 Å². The monoisotopic (exact) mass is 257 g/mol. The number of halogens is 3. The Balaban J connectivity index is 2.34. The summed E-state index contributed by atoms with van der Waals surface area (Å²) in [6, 6.07) is 0. The molecule has 0 aliphatic carbocycles. The van der Waals surface area contributed by atoms with Crippen LogP contribution in [0.1, 0.15) is 6.42 Å². The predicted molar refractivity (Wildman–Crippen MR) is 50.8 cm³/mol. The standard InChI is InChI=1S/C8H10F3NO3S/c9-8(10,11)16-2-1-12-4-5(7(14)15)3-6(12)13/h5H,1-4H2,(H,14,15). The average Bonchev–Trinajstić information content (AvgIpc) is 2.46. The third kappa shape index (κ3) is 3.92. The van der Waals surface area contributed by atoms with E-state index in [4.69, 9.17) is 5.11 Å². The molecule has 1 aliphatic rings. The summed E-state index contributed by atoms with van der Waals surface area (Å²) in [6.07, 6.45) is -0.119. The normalized spacial score (nSPS) is 21.6. The van der Waals surface area contributed by atoms with Gasteiger partial charge in [-0.3, -0.25) is 9.59 Å². The lowest BCUT2D eigenvalue weighted by atomic mass is 10.1. The van der Waals surface area contributed by atoms with Gasteiger partial charge >= 0.3 is 11.5 Å². The van der Waals surface area contributed by atoms with E-state index in [2.05, 4.69) is 0 Å². The van der Waals surface area contributed by atoms with Gasteiger partial charge in [0.25, 0.3) is 0 Å². The number of likely N-dealkylation sites (tertiary alicyclic amines) is 1. The Kier molecular flexibility index (Phi) is 4.06. The van der Waals surface area contributed by atoms with Gasteiger partial charge in [0.05, 0.1) is 5.92 Å². The van der Waals surface area contributed by atoms with Crippen molar-refractivity contribution in [2.24, 2.45) is 5.92 Å². The maximum Gasteiger partial charge on any atom is 0.441 e. The fourth-order valence-corrected chi connectivity index (χ4v) is 1.97. The van der Waals surface area contributed by atoms with Gasteiger partial charge < -0.3 is 10.0 Å². The van der Waals surface area contributed by atoms with Gasteiger partial charge in [0, 0.05) is 25.3 Å². The third-order valence-electron chi connectivity index (χ3n) is 2.19. The van der Waals surface area contributed by atoms with Crippen molar-refractivity contribution in [3.63, 3.8) is 0 Å². The van der Waals surface area contributed by atoms with E-state index in [0.29, 0.717) is 0 Å². The number of carboxylic acids is 1. The highest BCUT2D eigenvalue weighted by atomic mass is 32.2. The highest BCUT2D eigenvalue weighted by molar-refractivity contribution is 8.00. The lowest BCUT2D eigenvalue weighted by Crippen LogP contribution is -2.29. The molecule has 1 heterocycles. The Hall–Kier alpha value is -0.920. The molecule has 4 nitrogen and oxygen atoms in total. The van der Waals surface area contributed by atoms with Gasteiger partial charge in [0.15, 0.2) is 0 Å². The van der Waals surface area contributed by atoms with Crippen LogP contribution in [0.5, 0.6) is 0 Å². The first-order valence-corrected chi connectivity index (χ1v) is 5.49. The minimum absolute atomic E-state index is 0.00653. The molecule has 0 radical (unpaired) electrons. The van der Waals surface area contributed by atoms with Gasteiger partial charge in [0.2, 0.25) is 5.91 Å². The number of carbonyl (C=O) groups is 2. The molecular formula is C8H10F3NO3S. The van der Waals surface area contributed by atoms with Gasteiger partial charge in [-0.2, -0.15) is 13.2 Å². The van der Waals surface area contributed by atoms with Gasteiger partial charge in [-0.1, -0.05) is 0 Å². The number of rotatable bonds is 4. The van der Waals surface area contributed by atoms with Gasteiger partial charge in [-0.05, 0) is 11.8 Å². The number of hydrogen-bond donors (Lipinski definition) is 1. The Bertz CT molecular complexity index is 295. The molecule has 1 N–H and O–H groups in total. The maximum atomic E-state index is 11.8. The summed E-state index contributed by atoms with van der Waals surface area (Å²) in [4.78, 5) is 22.9. The molecule has 1 rings (SSSR count). The van der Waals surface area contributed by atoms with E-state index in [1.807, 2.05) is 0 Å². The fourth-order valence-electron chi connectivity index (χ4n) is 1.43. The van der Waals surface area contributed by atoms with Gasteiger partial charge in [-0.25, -0.2) is 0 Å².